The predicted octanol–water partition coefficient (Wildman–Crippen LogP) is 2.17. The molecule has 0 radical (unpaired) electrons. The fourth-order valence-electron chi connectivity index (χ4n) is 2.38. The van der Waals surface area contributed by atoms with Gasteiger partial charge in [-0.2, -0.15) is 5.10 Å². The van der Waals surface area contributed by atoms with Gasteiger partial charge in [-0.25, -0.2) is 9.67 Å². The summed E-state index contributed by atoms with van der Waals surface area (Å²) >= 11 is 0. The number of hydrogen-bond acceptors (Lipinski definition) is 6. The molecule has 0 atom stereocenters. The first-order valence-corrected chi connectivity index (χ1v) is 8.14. The summed E-state index contributed by atoms with van der Waals surface area (Å²) in [7, 11) is 3.82. The normalized spacial score (nSPS) is 10.4. The minimum atomic E-state index is -0.467. The van der Waals surface area contributed by atoms with Gasteiger partial charge in [-0.3, -0.25) is 14.9 Å². The fraction of sp³-hybridized carbons (Fsp3) is 0.167. The highest BCUT2D eigenvalue weighted by Crippen LogP contribution is 2.15. The molecule has 3 rings (SSSR count). The lowest BCUT2D eigenvalue weighted by atomic mass is 10.2. The van der Waals surface area contributed by atoms with E-state index in [0.717, 1.165) is 11.4 Å². The van der Waals surface area contributed by atoms with Crippen molar-refractivity contribution in [2.24, 2.45) is 0 Å². The van der Waals surface area contributed by atoms with Gasteiger partial charge in [0, 0.05) is 45.2 Å². The molecule has 9 heteroatoms. The van der Waals surface area contributed by atoms with E-state index in [1.54, 1.807) is 24.5 Å². The Morgan fingerprint density at radius 3 is 2.52 bits per heavy atom. The van der Waals surface area contributed by atoms with Gasteiger partial charge in [-0.1, -0.05) is 6.07 Å². The van der Waals surface area contributed by atoms with Crippen LogP contribution in [0, 0.1) is 10.1 Å². The summed E-state index contributed by atoms with van der Waals surface area (Å²) in [5.41, 5.74) is 1.91. The number of hydrogen-bond donors (Lipinski definition) is 1. The lowest BCUT2D eigenvalue weighted by Crippen LogP contribution is -2.22. The molecule has 0 aliphatic rings. The summed E-state index contributed by atoms with van der Waals surface area (Å²) in [6.45, 7) is 0.349. The van der Waals surface area contributed by atoms with Gasteiger partial charge in [0.2, 0.25) is 0 Å². The van der Waals surface area contributed by atoms with Crippen molar-refractivity contribution in [2.75, 3.05) is 19.0 Å². The van der Waals surface area contributed by atoms with Crippen LogP contribution in [0.3, 0.4) is 0 Å². The van der Waals surface area contributed by atoms with Crippen LogP contribution >= 0.6 is 0 Å². The van der Waals surface area contributed by atoms with E-state index in [-0.39, 0.29) is 11.6 Å². The van der Waals surface area contributed by atoms with E-state index >= 15 is 0 Å². The third-order valence-electron chi connectivity index (χ3n) is 3.89. The van der Waals surface area contributed by atoms with Crippen LogP contribution in [0.25, 0.3) is 5.69 Å². The van der Waals surface area contributed by atoms with Crippen LogP contribution in [0.15, 0.2) is 55.0 Å². The Labute approximate surface area is 155 Å². The Morgan fingerprint density at radius 2 is 1.93 bits per heavy atom. The molecule has 138 valence electrons. The average molecular weight is 366 g/mol. The number of carbonyl (C=O) groups excluding carboxylic acids is 1. The monoisotopic (exact) mass is 366 g/mol. The SMILES string of the molecule is CN(C)c1ccc(CNC(=O)c2cnn(-c3ccc([N+](=O)[O-])cc3)c2)cn1. The van der Waals surface area contributed by atoms with Gasteiger partial charge in [-0.15, -0.1) is 0 Å². The zero-order chi connectivity index (χ0) is 19.4. The molecule has 0 bridgehead atoms. The number of nitro groups is 1. The molecule has 0 aliphatic carbocycles. The molecule has 0 aliphatic heterocycles. The van der Waals surface area contributed by atoms with E-state index in [9.17, 15) is 14.9 Å². The molecular weight excluding hydrogens is 348 g/mol. The van der Waals surface area contributed by atoms with Crippen molar-refractivity contribution >= 4 is 17.4 Å². The maximum Gasteiger partial charge on any atom is 0.269 e. The highest BCUT2D eigenvalue weighted by Gasteiger charge is 2.11. The van der Waals surface area contributed by atoms with Gasteiger partial charge in [-0.05, 0) is 23.8 Å². The second-order valence-electron chi connectivity index (χ2n) is 6.05. The van der Waals surface area contributed by atoms with Crippen LogP contribution in [0.1, 0.15) is 15.9 Å². The number of aromatic nitrogens is 3. The minimum absolute atomic E-state index is 0.00207. The van der Waals surface area contributed by atoms with Gasteiger partial charge in [0.1, 0.15) is 5.82 Å². The third kappa shape index (κ3) is 4.27. The quantitative estimate of drug-likeness (QED) is 0.529. The van der Waals surface area contributed by atoms with Crippen molar-refractivity contribution in [1.29, 1.82) is 0 Å². The smallest absolute Gasteiger partial charge is 0.269 e. The van der Waals surface area contributed by atoms with Crippen LogP contribution in [-0.2, 0) is 6.54 Å². The summed E-state index contributed by atoms with van der Waals surface area (Å²) in [6.07, 6.45) is 4.74. The first-order valence-electron chi connectivity index (χ1n) is 8.14. The minimum Gasteiger partial charge on any atom is -0.363 e. The van der Waals surface area contributed by atoms with Crippen molar-refractivity contribution < 1.29 is 9.72 Å². The standard InChI is InChI=1S/C18H18N6O3/c1-22(2)17-8-3-13(9-19-17)10-20-18(25)14-11-21-23(12-14)15-4-6-16(7-5-15)24(26)27/h3-9,11-12H,10H2,1-2H3,(H,20,25). The third-order valence-corrected chi connectivity index (χ3v) is 3.89. The predicted molar refractivity (Wildman–Crippen MR) is 100.0 cm³/mol. The maximum atomic E-state index is 12.3. The van der Waals surface area contributed by atoms with Crippen LogP contribution in [0.4, 0.5) is 11.5 Å². The van der Waals surface area contributed by atoms with E-state index in [0.29, 0.717) is 17.8 Å². The first-order chi connectivity index (χ1) is 12.9. The molecular formula is C18H18N6O3. The van der Waals surface area contributed by atoms with Gasteiger partial charge >= 0.3 is 0 Å². The van der Waals surface area contributed by atoms with Gasteiger partial charge in [0.25, 0.3) is 11.6 Å². The van der Waals surface area contributed by atoms with Crippen LogP contribution in [-0.4, -0.2) is 39.7 Å². The number of rotatable bonds is 6. The van der Waals surface area contributed by atoms with E-state index in [2.05, 4.69) is 15.4 Å². The lowest BCUT2D eigenvalue weighted by Gasteiger charge is -2.11. The van der Waals surface area contributed by atoms with Crippen molar-refractivity contribution in [2.45, 2.75) is 6.54 Å². The Kier molecular flexibility index (Phi) is 5.11. The molecule has 3 aromatic rings. The number of pyridine rings is 1. The van der Waals surface area contributed by atoms with Gasteiger partial charge < -0.3 is 10.2 Å². The van der Waals surface area contributed by atoms with Gasteiger partial charge in [0.05, 0.1) is 22.4 Å². The lowest BCUT2D eigenvalue weighted by molar-refractivity contribution is -0.384. The van der Waals surface area contributed by atoms with Crippen LogP contribution < -0.4 is 10.2 Å². The molecule has 0 saturated heterocycles. The molecule has 9 nitrogen and oxygen atoms in total. The van der Waals surface area contributed by atoms with E-state index in [4.69, 9.17) is 0 Å². The molecule has 0 fully saturated rings. The Hall–Kier alpha value is -3.75. The fourth-order valence-corrected chi connectivity index (χ4v) is 2.38. The average Bonchev–Trinajstić information content (AvgIpc) is 3.17. The largest absolute Gasteiger partial charge is 0.363 e. The molecule has 0 unspecified atom stereocenters. The molecule has 2 heterocycles. The molecule has 0 spiro atoms. The van der Waals surface area contributed by atoms with Crippen molar-refractivity contribution in [3.05, 3.63) is 76.2 Å². The maximum absolute atomic E-state index is 12.3. The first kappa shape index (κ1) is 18.1. The summed E-state index contributed by atoms with van der Waals surface area (Å²) in [5.74, 6) is 0.578. The van der Waals surface area contributed by atoms with Crippen molar-refractivity contribution in [3.63, 3.8) is 0 Å². The number of nitrogens with zero attached hydrogens (tertiary/aromatic N) is 5. The second kappa shape index (κ2) is 7.65. The van der Waals surface area contributed by atoms with Crippen LogP contribution in [0.2, 0.25) is 0 Å². The topological polar surface area (TPSA) is 106 Å². The number of benzene rings is 1. The molecule has 1 N–H and O–H groups in total. The van der Waals surface area contributed by atoms with E-state index in [1.165, 1.54) is 23.0 Å². The number of non-ortho nitro benzene ring substituents is 1. The Balaban J connectivity index is 1.63. The molecule has 2 aromatic heterocycles. The zero-order valence-corrected chi connectivity index (χ0v) is 14.9. The number of carbonyl (C=O) groups is 1. The van der Waals surface area contributed by atoms with Crippen molar-refractivity contribution in [3.8, 4) is 5.69 Å². The zero-order valence-electron chi connectivity index (χ0n) is 14.9. The molecule has 1 aromatic carbocycles. The van der Waals surface area contributed by atoms with E-state index < -0.39 is 4.92 Å². The Bertz CT molecular complexity index is 948. The number of anilines is 1. The van der Waals surface area contributed by atoms with Crippen LogP contribution in [0.5, 0.6) is 0 Å². The highest BCUT2D eigenvalue weighted by molar-refractivity contribution is 5.93. The highest BCUT2D eigenvalue weighted by atomic mass is 16.6. The van der Waals surface area contributed by atoms with E-state index in [1.807, 2.05) is 31.1 Å². The number of nitro benzene ring substituents is 1. The molecule has 0 saturated carbocycles. The summed E-state index contributed by atoms with van der Waals surface area (Å²) in [5, 5.41) is 17.7. The number of amides is 1. The van der Waals surface area contributed by atoms with Crippen molar-refractivity contribution in [1.82, 2.24) is 20.1 Å². The molecule has 1 amide bonds. The summed E-state index contributed by atoms with van der Waals surface area (Å²) < 4.78 is 1.49. The molecule has 27 heavy (non-hydrogen) atoms. The number of nitrogens with one attached hydrogen (secondary N) is 1. The Morgan fingerprint density at radius 1 is 1.19 bits per heavy atom. The summed E-state index contributed by atoms with van der Waals surface area (Å²) in [6, 6.07) is 9.72. The summed E-state index contributed by atoms with van der Waals surface area (Å²) in [4.78, 5) is 28.7. The van der Waals surface area contributed by atoms with Gasteiger partial charge in [0.15, 0.2) is 0 Å². The second-order valence-corrected chi connectivity index (χ2v) is 6.05.